The van der Waals surface area contributed by atoms with Crippen LogP contribution in [0.1, 0.15) is 101 Å². The van der Waals surface area contributed by atoms with Crippen LogP contribution in [0.5, 0.6) is 0 Å². The molecule has 3 aliphatic carbocycles. The summed E-state index contributed by atoms with van der Waals surface area (Å²) in [5.74, 6) is 1.38. The molecule has 14 rings (SSSR count). The normalized spacial score (nSPS) is 15.2. The van der Waals surface area contributed by atoms with E-state index in [9.17, 15) is 0 Å². The molecule has 8 aromatic carbocycles. The van der Waals surface area contributed by atoms with Crippen LogP contribution in [0, 0.1) is 0 Å². The van der Waals surface area contributed by atoms with Crippen molar-refractivity contribution in [3.05, 3.63) is 241 Å². The smallest absolute Gasteiger partial charge is 0.100 e. The average molecular weight is 997 g/mol. The summed E-state index contributed by atoms with van der Waals surface area (Å²) in [6, 6.07) is 74.3. The van der Waals surface area contributed by atoms with E-state index in [1.165, 1.54) is 81.3 Å². The van der Waals surface area contributed by atoms with Crippen molar-refractivity contribution in [1.29, 1.82) is 0 Å². The summed E-state index contributed by atoms with van der Waals surface area (Å²) in [7, 11) is 0. The van der Waals surface area contributed by atoms with Crippen LogP contribution in [-0.4, -0.2) is 19.5 Å². The van der Waals surface area contributed by atoms with Crippen molar-refractivity contribution in [3.63, 3.8) is 0 Å². The lowest BCUT2D eigenvalue weighted by atomic mass is 9.67. The molecular weight excluding hydrogens is 933 g/mol. The van der Waals surface area contributed by atoms with Crippen LogP contribution < -0.4 is 0 Å². The Morgan fingerprint density at radius 2 is 0.701 bits per heavy atom. The SMILES string of the molecule is CC(C)(C)c1ccnc(-c2ccc(-c3ccccc3-c3cc(-c4ccccc4-c4ccc(-c5cc(C(C)(C)C)ccn5)cc4)cc(-c4ccccc4-c4ccc(-n5cnc6cc7c(cc65)C5CCC7CC5)cc4)c3)cc2)c1. The fraction of sp³-hybridized carbons (Fsp3) is 0.192. The van der Waals surface area contributed by atoms with Crippen molar-refractivity contribution in [2.45, 2.75) is 89.9 Å². The molecule has 3 heterocycles. The number of imidazole rings is 1. The van der Waals surface area contributed by atoms with Crippen molar-refractivity contribution in [3.8, 4) is 95.0 Å². The van der Waals surface area contributed by atoms with Gasteiger partial charge in [0.25, 0.3) is 0 Å². The molecule has 4 nitrogen and oxygen atoms in total. The number of aromatic nitrogens is 4. The highest BCUT2D eigenvalue weighted by atomic mass is 15.0. The van der Waals surface area contributed by atoms with Gasteiger partial charge in [0.15, 0.2) is 0 Å². The number of benzene rings is 8. The van der Waals surface area contributed by atoms with Gasteiger partial charge in [-0.2, -0.15) is 0 Å². The van der Waals surface area contributed by atoms with Crippen molar-refractivity contribution in [1.82, 2.24) is 19.5 Å². The number of rotatable bonds is 9. The Morgan fingerprint density at radius 3 is 1.09 bits per heavy atom. The Balaban J connectivity index is 0.910. The minimum absolute atomic E-state index is 0.0348. The van der Waals surface area contributed by atoms with E-state index < -0.39 is 0 Å². The van der Waals surface area contributed by atoms with Crippen molar-refractivity contribution in [2.75, 3.05) is 0 Å². The van der Waals surface area contributed by atoms with Gasteiger partial charge in [-0.3, -0.25) is 14.5 Å². The summed E-state index contributed by atoms with van der Waals surface area (Å²) in [6.45, 7) is 13.5. The molecule has 0 spiro atoms. The van der Waals surface area contributed by atoms with E-state index in [1.807, 2.05) is 18.7 Å². The van der Waals surface area contributed by atoms with Gasteiger partial charge >= 0.3 is 0 Å². The molecule has 0 N–H and O–H groups in total. The van der Waals surface area contributed by atoms with Crippen LogP contribution in [-0.2, 0) is 10.8 Å². The Kier molecular flexibility index (Phi) is 12.1. The van der Waals surface area contributed by atoms with E-state index in [0.717, 1.165) is 61.5 Å². The van der Waals surface area contributed by atoms with Crippen LogP contribution in [0.15, 0.2) is 219 Å². The molecule has 1 saturated carbocycles. The maximum atomic E-state index is 4.95. The molecule has 1 fully saturated rings. The average Bonchev–Trinajstić information content (AvgIpc) is 3.92. The van der Waals surface area contributed by atoms with Gasteiger partial charge in [0.05, 0.1) is 22.4 Å². The summed E-state index contributed by atoms with van der Waals surface area (Å²) in [4.78, 5) is 14.5. The molecule has 0 aliphatic heterocycles. The van der Waals surface area contributed by atoms with E-state index in [2.05, 4.69) is 246 Å². The second-order valence-corrected chi connectivity index (χ2v) is 23.6. The highest BCUT2D eigenvalue weighted by Crippen LogP contribution is 2.50. The predicted octanol–water partition coefficient (Wildman–Crippen LogP) is 19.5. The number of pyridine rings is 2. The lowest BCUT2D eigenvalue weighted by Crippen LogP contribution is -2.21. The maximum absolute atomic E-state index is 4.95. The number of nitrogens with zero attached hydrogens (tertiary/aromatic N) is 4. The third kappa shape index (κ3) is 9.20. The first-order valence-corrected chi connectivity index (χ1v) is 27.6. The largest absolute Gasteiger partial charge is 0.299 e. The number of hydrogen-bond acceptors (Lipinski definition) is 3. The number of fused-ring (bicyclic) bond motifs is 3. The summed E-state index contributed by atoms with van der Waals surface area (Å²) in [5.41, 5.74) is 27.3. The molecular formula is C73H64N4. The van der Waals surface area contributed by atoms with E-state index in [1.54, 1.807) is 11.1 Å². The van der Waals surface area contributed by atoms with E-state index >= 15 is 0 Å². The van der Waals surface area contributed by atoms with Crippen LogP contribution in [0.2, 0.25) is 0 Å². The van der Waals surface area contributed by atoms with Crippen LogP contribution in [0.3, 0.4) is 0 Å². The zero-order valence-corrected chi connectivity index (χ0v) is 45.1. The first kappa shape index (κ1) is 48.2. The van der Waals surface area contributed by atoms with Gasteiger partial charge in [0, 0.05) is 29.2 Å². The van der Waals surface area contributed by atoms with Crippen LogP contribution in [0.4, 0.5) is 0 Å². The van der Waals surface area contributed by atoms with E-state index in [-0.39, 0.29) is 10.8 Å². The predicted molar refractivity (Wildman–Crippen MR) is 321 cm³/mol. The first-order chi connectivity index (χ1) is 37.4. The van der Waals surface area contributed by atoms with Crippen molar-refractivity contribution in [2.24, 2.45) is 0 Å². The molecule has 77 heavy (non-hydrogen) atoms. The minimum atomic E-state index is 0.0348. The molecule has 0 unspecified atom stereocenters. The molecule has 11 aromatic rings. The lowest BCUT2D eigenvalue weighted by molar-refractivity contribution is 0.359. The number of hydrogen-bond donors (Lipinski definition) is 0. The maximum Gasteiger partial charge on any atom is 0.100 e. The Hall–Kier alpha value is -8.47. The quantitative estimate of drug-likeness (QED) is 0.145. The summed E-state index contributed by atoms with van der Waals surface area (Å²) >= 11 is 0. The molecule has 0 atom stereocenters. The van der Waals surface area contributed by atoms with Crippen molar-refractivity contribution >= 4 is 11.0 Å². The van der Waals surface area contributed by atoms with Gasteiger partial charge in [-0.1, -0.05) is 175 Å². The van der Waals surface area contributed by atoms with Crippen LogP contribution >= 0.6 is 0 Å². The summed E-state index contributed by atoms with van der Waals surface area (Å²) in [5, 5.41) is 0. The molecule has 0 saturated heterocycles. The summed E-state index contributed by atoms with van der Waals surface area (Å²) in [6.07, 6.45) is 11.2. The van der Waals surface area contributed by atoms with Crippen LogP contribution in [0.25, 0.3) is 106 Å². The molecule has 376 valence electrons. The highest BCUT2D eigenvalue weighted by Gasteiger charge is 2.33. The molecule has 3 aliphatic rings. The van der Waals surface area contributed by atoms with Gasteiger partial charge in [0.2, 0.25) is 0 Å². The molecule has 0 radical (unpaired) electrons. The standard InChI is InChI=1S/C73H64N4/c1-72(2,3)57-35-37-74-68(42-57)52-27-23-47(24-28-52)60-13-7-10-16-63(60)54-39-55(64-17-11-8-14-61(64)48-25-29-53(30-26-48)69-43-58(36-38-75-69)73(4,5)6)41-56(40-54)65-18-12-9-15-62(65)49-31-33-59(34-32-49)77-46-76-70-44-66-50-19-21-51(22-20-50)67(66)45-71(70)77/h7-18,23-46,50-51H,19-22H2,1-6H3. The third-order valence-electron chi connectivity index (χ3n) is 16.7. The van der Waals surface area contributed by atoms with E-state index in [4.69, 9.17) is 15.0 Å². The second-order valence-electron chi connectivity index (χ2n) is 23.6. The minimum Gasteiger partial charge on any atom is -0.299 e. The lowest BCUT2D eigenvalue weighted by Gasteiger charge is -2.38. The third-order valence-corrected chi connectivity index (χ3v) is 16.7. The molecule has 3 aromatic heterocycles. The second kappa shape index (κ2) is 19.3. The van der Waals surface area contributed by atoms with Gasteiger partial charge < -0.3 is 0 Å². The van der Waals surface area contributed by atoms with E-state index in [0.29, 0.717) is 11.8 Å². The van der Waals surface area contributed by atoms with Gasteiger partial charge in [0.1, 0.15) is 6.33 Å². The topological polar surface area (TPSA) is 43.6 Å². The first-order valence-electron chi connectivity index (χ1n) is 27.6. The Morgan fingerprint density at radius 1 is 0.351 bits per heavy atom. The van der Waals surface area contributed by atoms with Gasteiger partial charge in [-0.25, -0.2) is 4.98 Å². The fourth-order valence-corrected chi connectivity index (χ4v) is 12.3. The molecule has 0 amide bonds. The Labute approximate surface area is 454 Å². The monoisotopic (exact) mass is 997 g/mol. The fourth-order valence-electron chi connectivity index (χ4n) is 12.3. The Bertz CT molecular complexity index is 3820. The van der Waals surface area contributed by atoms with Gasteiger partial charge in [-0.05, 0) is 204 Å². The zero-order valence-electron chi connectivity index (χ0n) is 45.1. The summed E-state index contributed by atoms with van der Waals surface area (Å²) < 4.78 is 2.28. The zero-order chi connectivity index (χ0) is 52.4. The molecule has 4 heteroatoms. The molecule has 2 bridgehead atoms. The van der Waals surface area contributed by atoms with Crippen molar-refractivity contribution < 1.29 is 0 Å². The van der Waals surface area contributed by atoms with Gasteiger partial charge in [-0.15, -0.1) is 0 Å². The highest BCUT2D eigenvalue weighted by molar-refractivity contribution is 5.94.